The highest BCUT2D eigenvalue weighted by Gasteiger charge is 2.16. The van der Waals surface area contributed by atoms with Gasteiger partial charge in [0.05, 0.1) is 20.4 Å². The molecule has 0 heterocycles. The van der Waals surface area contributed by atoms with Crippen molar-refractivity contribution in [3.63, 3.8) is 0 Å². The van der Waals surface area contributed by atoms with Crippen LogP contribution in [0.4, 0.5) is 4.79 Å². The van der Waals surface area contributed by atoms with E-state index >= 15 is 0 Å². The molecule has 1 rings (SSSR count). The van der Waals surface area contributed by atoms with E-state index in [-0.39, 0.29) is 12.4 Å². The Morgan fingerprint density at radius 3 is 2.20 bits per heavy atom. The first kappa shape index (κ1) is 20.1. The predicted molar refractivity (Wildman–Crippen MR) is 91.2 cm³/mol. The average Bonchev–Trinajstić information content (AvgIpc) is 2.50. The predicted octanol–water partition coefficient (Wildman–Crippen LogP) is 1.43. The number of hydrogen-bond acceptors (Lipinski definition) is 7. The van der Waals surface area contributed by atoms with Gasteiger partial charge in [0.25, 0.3) is 5.91 Å². The van der Waals surface area contributed by atoms with Crippen molar-refractivity contribution in [1.29, 1.82) is 0 Å². The zero-order valence-electron chi connectivity index (χ0n) is 14.9. The highest BCUT2D eigenvalue weighted by atomic mass is 16.6. The van der Waals surface area contributed by atoms with Crippen LogP contribution < -0.4 is 25.4 Å². The molecule has 9 nitrogen and oxygen atoms in total. The second-order valence-corrected chi connectivity index (χ2v) is 5.88. The molecule has 1 aromatic rings. The van der Waals surface area contributed by atoms with Crippen LogP contribution >= 0.6 is 0 Å². The summed E-state index contributed by atoms with van der Waals surface area (Å²) in [6.45, 7) is 4.92. The van der Waals surface area contributed by atoms with Crippen LogP contribution in [0.1, 0.15) is 26.3 Å². The number of carbonyl (C=O) groups excluding carboxylic acids is 2. The van der Waals surface area contributed by atoms with Crippen LogP contribution in [-0.2, 0) is 9.53 Å². The van der Waals surface area contributed by atoms with E-state index < -0.39 is 17.6 Å². The van der Waals surface area contributed by atoms with E-state index in [1.165, 1.54) is 20.4 Å². The quantitative estimate of drug-likeness (QED) is 0.565. The average molecular weight is 353 g/mol. The molecule has 9 heteroatoms. The molecule has 25 heavy (non-hydrogen) atoms. The topological polar surface area (TPSA) is 121 Å². The third-order valence-corrected chi connectivity index (χ3v) is 2.61. The number of methoxy groups -OCH3 is 2. The van der Waals surface area contributed by atoms with Crippen LogP contribution in [0.3, 0.4) is 0 Å². The Morgan fingerprint density at radius 2 is 1.76 bits per heavy atom. The maximum Gasteiger partial charge on any atom is 0.428 e. The molecule has 0 fully saturated rings. The maximum absolute atomic E-state index is 11.5. The van der Waals surface area contributed by atoms with E-state index in [4.69, 9.17) is 24.7 Å². The van der Waals surface area contributed by atoms with Gasteiger partial charge >= 0.3 is 6.09 Å². The van der Waals surface area contributed by atoms with Crippen molar-refractivity contribution in [2.75, 3.05) is 20.8 Å². The van der Waals surface area contributed by atoms with E-state index in [1.807, 2.05) is 0 Å². The second kappa shape index (κ2) is 8.76. The normalized spacial score (nSPS) is 11.1. The number of nitrogens with zero attached hydrogens (tertiary/aromatic N) is 1. The Kier molecular flexibility index (Phi) is 7.04. The third-order valence-electron chi connectivity index (χ3n) is 2.61. The summed E-state index contributed by atoms with van der Waals surface area (Å²) in [7, 11) is 2.87. The molecular weight excluding hydrogens is 330 g/mol. The number of nitrogens with one attached hydrogen (secondary N) is 1. The minimum atomic E-state index is -0.677. The van der Waals surface area contributed by atoms with Gasteiger partial charge in [0.2, 0.25) is 5.75 Å². The number of carbonyl (C=O) groups is 2. The molecule has 0 aliphatic heterocycles. The minimum absolute atomic E-state index is 0.237. The van der Waals surface area contributed by atoms with Crippen molar-refractivity contribution in [1.82, 2.24) is 5.43 Å². The van der Waals surface area contributed by atoms with Crippen molar-refractivity contribution in [2.45, 2.75) is 26.4 Å². The standard InChI is InChI=1S/C16H23N3O6/c1-16(2,3)25-15(21)19-18-8-10-6-11(22-4)14(12(7-10)23-5)24-9-13(17)20/h6-8H,9H2,1-5H3,(H2,17,20)(H,19,21)/b18-8-. The fourth-order valence-corrected chi connectivity index (χ4v) is 1.72. The summed E-state index contributed by atoms with van der Waals surface area (Å²) in [6.07, 6.45) is 0.705. The summed E-state index contributed by atoms with van der Waals surface area (Å²) in [5.41, 5.74) is 7.27. The SMILES string of the molecule is COc1cc(/C=N\NC(=O)OC(C)(C)C)cc(OC)c1OCC(N)=O. The highest BCUT2D eigenvalue weighted by molar-refractivity contribution is 5.83. The molecule has 0 spiro atoms. The lowest BCUT2D eigenvalue weighted by Gasteiger charge is -2.18. The van der Waals surface area contributed by atoms with Crippen molar-refractivity contribution in [3.8, 4) is 17.2 Å². The van der Waals surface area contributed by atoms with Crippen LogP contribution in [0.15, 0.2) is 17.2 Å². The lowest BCUT2D eigenvalue weighted by Crippen LogP contribution is -2.29. The van der Waals surface area contributed by atoms with Gasteiger partial charge in [-0.25, -0.2) is 10.2 Å². The van der Waals surface area contributed by atoms with Gasteiger partial charge in [-0.1, -0.05) is 0 Å². The number of amides is 2. The molecule has 1 aromatic carbocycles. The Bertz CT molecular complexity index is 627. The van der Waals surface area contributed by atoms with E-state index in [2.05, 4.69) is 10.5 Å². The zero-order valence-corrected chi connectivity index (χ0v) is 14.9. The van der Waals surface area contributed by atoms with Crippen LogP contribution in [0.2, 0.25) is 0 Å². The highest BCUT2D eigenvalue weighted by Crippen LogP contribution is 2.38. The van der Waals surface area contributed by atoms with Crippen molar-refractivity contribution >= 4 is 18.2 Å². The molecule has 138 valence electrons. The molecule has 0 aliphatic carbocycles. The van der Waals surface area contributed by atoms with Gasteiger partial charge in [-0.05, 0) is 32.9 Å². The first-order chi connectivity index (χ1) is 11.7. The maximum atomic E-state index is 11.5. The van der Waals surface area contributed by atoms with Gasteiger partial charge < -0.3 is 24.7 Å². The smallest absolute Gasteiger partial charge is 0.428 e. The summed E-state index contributed by atoms with van der Waals surface area (Å²) in [6, 6.07) is 3.19. The zero-order chi connectivity index (χ0) is 19.0. The Balaban J connectivity index is 2.92. The molecule has 0 atom stereocenters. The molecule has 0 bridgehead atoms. The third kappa shape index (κ3) is 6.98. The van der Waals surface area contributed by atoms with Crippen molar-refractivity contribution in [2.24, 2.45) is 10.8 Å². The van der Waals surface area contributed by atoms with Crippen molar-refractivity contribution < 1.29 is 28.5 Å². The Labute approximate surface area is 146 Å². The molecule has 0 unspecified atom stereocenters. The Morgan fingerprint density at radius 1 is 1.20 bits per heavy atom. The van der Waals surface area contributed by atoms with Gasteiger partial charge in [-0.15, -0.1) is 0 Å². The number of hydrazone groups is 1. The van der Waals surface area contributed by atoms with E-state index in [1.54, 1.807) is 32.9 Å². The molecule has 3 N–H and O–H groups in total. The molecule has 0 saturated heterocycles. The monoisotopic (exact) mass is 353 g/mol. The van der Waals surface area contributed by atoms with Crippen molar-refractivity contribution in [3.05, 3.63) is 17.7 Å². The van der Waals surface area contributed by atoms with Gasteiger partial charge in [0.1, 0.15) is 5.60 Å². The lowest BCUT2D eigenvalue weighted by molar-refractivity contribution is -0.120. The molecule has 0 aliphatic rings. The number of hydrogen-bond donors (Lipinski definition) is 2. The first-order valence-corrected chi connectivity index (χ1v) is 7.35. The largest absolute Gasteiger partial charge is 0.493 e. The van der Waals surface area contributed by atoms with Crippen LogP contribution in [0, 0.1) is 0 Å². The van der Waals surface area contributed by atoms with Gasteiger partial charge in [0, 0.05) is 5.56 Å². The van der Waals surface area contributed by atoms with Crippen LogP contribution in [-0.4, -0.2) is 44.6 Å². The van der Waals surface area contributed by atoms with Crippen LogP contribution in [0.5, 0.6) is 17.2 Å². The van der Waals surface area contributed by atoms with Gasteiger partial charge in [-0.2, -0.15) is 5.10 Å². The summed E-state index contributed by atoms with van der Waals surface area (Å²) >= 11 is 0. The van der Waals surface area contributed by atoms with E-state index in [0.29, 0.717) is 17.1 Å². The fourth-order valence-electron chi connectivity index (χ4n) is 1.72. The fraction of sp³-hybridized carbons (Fsp3) is 0.438. The Hall–Kier alpha value is -2.97. The number of ether oxygens (including phenoxy) is 4. The molecule has 0 saturated carbocycles. The van der Waals surface area contributed by atoms with E-state index in [0.717, 1.165) is 0 Å². The van der Waals surface area contributed by atoms with Crippen LogP contribution in [0.25, 0.3) is 0 Å². The minimum Gasteiger partial charge on any atom is -0.493 e. The molecule has 2 amide bonds. The first-order valence-electron chi connectivity index (χ1n) is 7.35. The summed E-state index contributed by atoms with van der Waals surface area (Å²) < 4.78 is 20.8. The number of primary amides is 1. The molecule has 0 aromatic heterocycles. The van der Waals surface area contributed by atoms with E-state index in [9.17, 15) is 9.59 Å². The molecule has 0 radical (unpaired) electrons. The molecular formula is C16H23N3O6. The number of nitrogens with two attached hydrogens (primary N) is 1. The summed E-state index contributed by atoms with van der Waals surface area (Å²) in [5, 5.41) is 3.80. The number of benzene rings is 1. The summed E-state index contributed by atoms with van der Waals surface area (Å²) in [4.78, 5) is 22.4. The van der Waals surface area contributed by atoms with Gasteiger partial charge in [-0.3, -0.25) is 4.79 Å². The lowest BCUT2D eigenvalue weighted by atomic mass is 10.2. The number of rotatable bonds is 7. The summed E-state index contributed by atoms with van der Waals surface area (Å²) in [5.74, 6) is 0.246. The van der Waals surface area contributed by atoms with Gasteiger partial charge in [0.15, 0.2) is 18.1 Å². The second-order valence-electron chi connectivity index (χ2n) is 5.88.